The van der Waals surface area contributed by atoms with E-state index in [0.29, 0.717) is 0 Å². The van der Waals surface area contributed by atoms with Gasteiger partial charge in [-0.1, -0.05) is 0 Å². The van der Waals surface area contributed by atoms with Gasteiger partial charge < -0.3 is 36.3 Å². The van der Waals surface area contributed by atoms with Crippen LogP contribution in [0.4, 0.5) is 0 Å². The van der Waals surface area contributed by atoms with Crippen molar-refractivity contribution in [1.29, 1.82) is 0 Å². The van der Waals surface area contributed by atoms with E-state index in [1.165, 1.54) is 0 Å². The van der Waals surface area contributed by atoms with Crippen molar-refractivity contribution >= 4 is 24.8 Å². The zero-order valence-corrected chi connectivity index (χ0v) is 28.0. The van der Waals surface area contributed by atoms with Crippen molar-refractivity contribution in [2.45, 2.75) is 0 Å². The fourth-order valence-electron chi connectivity index (χ4n) is 0.139. The second-order valence-corrected chi connectivity index (χ2v) is 4.53. The number of phosphoric acid groups is 2. The van der Waals surface area contributed by atoms with Crippen molar-refractivity contribution in [3.8, 4) is 0 Å². The second kappa shape index (κ2) is 24.4. The van der Waals surface area contributed by atoms with E-state index >= 15 is 0 Å². The Kier molecular flexibility index (Phi) is 60.6. The summed E-state index contributed by atoms with van der Waals surface area (Å²) in [5.41, 5.74) is 0. The largest absolute Gasteiger partial charge is 1.00 e. The molecule has 10 nitrogen and oxygen atoms in total. The zero-order valence-electron chi connectivity index (χ0n) is 15.7. The Morgan fingerprint density at radius 3 is 0.944 bits per heavy atom. The summed E-state index contributed by atoms with van der Waals surface area (Å²) < 4.78 is 31.0. The first-order valence-electron chi connectivity index (χ1n) is 2.18. The van der Waals surface area contributed by atoms with Gasteiger partial charge in [0.15, 0.2) is 0 Å². The van der Waals surface area contributed by atoms with Gasteiger partial charge in [-0.25, -0.2) is 9.13 Å². The van der Waals surface area contributed by atoms with E-state index < -0.39 is 24.8 Å². The molecule has 0 aliphatic rings. The van der Waals surface area contributed by atoms with E-state index in [1.54, 1.807) is 0 Å². The molecule has 0 fully saturated rings. The van der Waals surface area contributed by atoms with Crippen molar-refractivity contribution < 1.29 is 289 Å². The van der Waals surface area contributed by atoms with Crippen molar-refractivity contribution in [3.63, 3.8) is 0 Å². The molecule has 0 unspecified atom stereocenters. The van der Waals surface area contributed by atoms with Crippen LogP contribution in [0.25, 0.3) is 0 Å². The molecule has 0 radical (unpaired) electrons. The van der Waals surface area contributed by atoms with Crippen molar-refractivity contribution in [2.75, 3.05) is 0 Å². The Hall–Kier alpha value is 7.42. The predicted molar refractivity (Wildman–Crippen MR) is 41.6 cm³/mol. The maximum atomic E-state index is 9.63. The molecule has 0 rings (SSSR count). The van der Waals surface area contributed by atoms with Crippen LogP contribution in [0.5, 0.6) is 0 Å². The van der Waals surface area contributed by atoms with Gasteiger partial charge in [0, 0.05) is 0 Å². The van der Waals surface area contributed by atoms with E-state index in [2.05, 4.69) is 4.31 Å². The molecule has 0 aromatic heterocycles. The van der Waals surface area contributed by atoms with Crippen LogP contribution >= 0.6 is 15.6 Å². The molecule has 90 valence electrons. The smallest absolute Gasteiger partial charge is 1.00 e. The summed E-state index contributed by atoms with van der Waals surface area (Å²) in [6.07, 6.45) is 0. The predicted octanol–water partition coefficient (Wildman–Crippen LogP) is -16.8. The SMILES string of the molecule is O=P(O)(O)OP(=O)(O)O.O=[Si](O)O.[H-].[H-].[H-].[H-].[H-].[K+].[K+].[K+].[K+].[Na+]. The van der Waals surface area contributed by atoms with Gasteiger partial charge >= 0.3 is 260 Å². The Morgan fingerprint density at radius 2 is 0.944 bits per heavy atom. The molecule has 0 heterocycles. The standard InChI is InChI=1S/4K.Na.H4O7P2.H2O3Si.5H/c;;;;;1-8(2,3)7-9(4,5)6;1-4(2)3;;;;;/h;;;;;(H2,1,2,3)(H2,4,5,6);1-2H;;;;;/q5*+1;;;5*-1. The zero-order chi connectivity index (χ0) is 11.3. The molecular formula is H11K4NaO10P2Si. The summed E-state index contributed by atoms with van der Waals surface area (Å²) in [5.74, 6) is 0. The van der Waals surface area contributed by atoms with Crippen molar-refractivity contribution in [1.82, 2.24) is 0 Å². The molecular weight excluding hydrogens is 429 g/mol. The summed E-state index contributed by atoms with van der Waals surface area (Å²) >= 11 is 0. The molecule has 0 saturated heterocycles. The molecule has 0 atom stereocenters. The number of rotatable bonds is 2. The summed E-state index contributed by atoms with van der Waals surface area (Å²) in [6, 6.07) is 0. The van der Waals surface area contributed by atoms with Crippen LogP contribution in [-0.2, 0) is 17.9 Å². The van der Waals surface area contributed by atoms with Gasteiger partial charge in [0.1, 0.15) is 0 Å². The van der Waals surface area contributed by atoms with E-state index in [0.717, 1.165) is 0 Å². The van der Waals surface area contributed by atoms with Crippen molar-refractivity contribution in [3.05, 3.63) is 0 Å². The van der Waals surface area contributed by atoms with Crippen LogP contribution in [0.2, 0.25) is 0 Å². The van der Waals surface area contributed by atoms with Crippen LogP contribution < -0.4 is 235 Å². The van der Waals surface area contributed by atoms with Gasteiger partial charge in [-0.05, 0) is 0 Å². The normalized spacial score (nSPS) is 8.22. The number of hydrogen-bond acceptors (Lipinski definition) is 4. The van der Waals surface area contributed by atoms with Crippen LogP contribution in [0, 0.1) is 0 Å². The van der Waals surface area contributed by atoms with E-state index in [9.17, 15) is 9.13 Å². The Morgan fingerprint density at radius 1 is 0.833 bits per heavy atom. The monoisotopic (exact) mass is 440 g/mol. The van der Waals surface area contributed by atoms with Gasteiger partial charge in [0.2, 0.25) is 0 Å². The molecule has 0 aromatic carbocycles. The fourth-order valence-corrected chi connectivity index (χ4v) is 1.25. The maximum absolute atomic E-state index is 9.63. The first kappa shape index (κ1) is 44.7. The molecule has 18 heavy (non-hydrogen) atoms. The Balaban J connectivity index is -0.00000000802. The number of hydrogen-bond donors (Lipinski definition) is 6. The molecule has 18 heteroatoms. The molecule has 0 bridgehead atoms. The second-order valence-electron chi connectivity index (χ2n) is 1.35. The minimum atomic E-state index is -5.05. The van der Waals surface area contributed by atoms with E-state index in [4.69, 9.17) is 33.6 Å². The van der Waals surface area contributed by atoms with Crippen LogP contribution in [0.15, 0.2) is 0 Å². The van der Waals surface area contributed by atoms with Gasteiger partial charge in [0.25, 0.3) is 0 Å². The first-order chi connectivity index (χ1) is 5.44. The first-order valence-corrected chi connectivity index (χ1v) is 6.54. The molecule has 0 amide bonds. The Labute approximate surface area is 304 Å². The molecule has 0 spiro atoms. The third kappa shape index (κ3) is 65.4. The fraction of sp³-hybridized carbons (Fsp3) is 0. The van der Waals surface area contributed by atoms with Gasteiger partial charge in [-0.3, -0.25) is 4.46 Å². The minimum absolute atomic E-state index is 0. The van der Waals surface area contributed by atoms with Gasteiger partial charge in [-0.15, -0.1) is 0 Å². The van der Waals surface area contributed by atoms with Crippen LogP contribution in [0.1, 0.15) is 7.13 Å². The van der Waals surface area contributed by atoms with Crippen LogP contribution in [0.3, 0.4) is 0 Å². The van der Waals surface area contributed by atoms with E-state index in [-0.39, 0.29) is 242 Å². The summed E-state index contributed by atoms with van der Waals surface area (Å²) in [4.78, 5) is 45.3. The molecule has 6 N–H and O–H groups in total. The third-order valence-electron chi connectivity index (χ3n) is 0.213. The summed E-state index contributed by atoms with van der Waals surface area (Å²) in [5, 5.41) is 0. The average Bonchev–Trinajstić information content (AvgIpc) is 1.47. The minimum Gasteiger partial charge on any atom is -1.00 e. The van der Waals surface area contributed by atoms with Gasteiger partial charge in [0.05, 0.1) is 0 Å². The molecule has 0 saturated carbocycles. The van der Waals surface area contributed by atoms with E-state index in [1.807, 2.05) is 0 Å². The van der Waals surface area contributed by atoms with Crippen molar-refractivity contribution in [2.24, 2.45) is 0 Å². The van der Waals surface area contributed by atoms with Crippen LogP contribution in [-0.4, -0.2) is 38.3 Å². The quantitative estimate of drug-likeness (QED) is 0.178. The molecule has 0 aromatic rings. The summed E-state index contributed by atoms with van der Waals surface area (Å²) in [7, 11) is -13.2. The third-order valence-corrected chi connectivity index (χ3v) is 1.91. The van der Waals surface area contributed by atoms with Gasteiger partial charge in [-0.2, -0.15) is 4.31 Å². The average molecular weight is 440 g/mol. The molecule has 0 aliphatic carbocycles. The Bertz CT molecular complexity index is 254. The maximum Gasteiger partial charge on any atom is 1.00 e. The topological polar surface area (TPSA) is 182 Å². The molecule has 0 aliphatic heterocycles. The summed E-state index contributed by atoms with van der Waals surface area (Å²) in [6.45, 7) is 0.